The predicted molar refractivity (Wildman–Crippen MR) is 70.0 cm³/mol. The van der Waals surface area contributed by atoms with E-state index in [4.69, 9.17) is 0 Å². The highest BCUT2D eigenvalue weighted by Gasteiger charge is 2.22. The molecule has 0 radical (unpaired) electrons. The summed E-state index contributed by atoms with van der Waals surface area (Å²) in [5, 5.41) is 1.76. The number of rotatable bonds is 4. The van der Waals surface area contributed by atoms with Crippen LogP contribution in [0.3, 0.4) is 0 Å². The maximum absolute atomic E-state index is 12.2. The summed E-state index contributed by atoms with van der Waals surface area (Å²) < 4.78 is 28.1. The molecule has 0 N–H and O–H groups in total. The lowest BCUT2D eigenvalue weighted by atomic mass is 10.5. The van der Waals surface area contributed by atoms with Crippen LogP contribution in [0.25, 0.3) is 0 Å². The Hall–Kier alpha value is -1.27. The maximum Gasteiger partial charge on any atom is 0.273 e. The van der Waals surface area contributed by atoms with Crippen molar-refractivity contribution in [3.8, 4) is 0 Å². The van der Waals surface area contributed by atoms with Crippen molar-refractivity contribution in [2.24, 2.45) is 0 Å². The first kappa shape index (κ1) is 12.2. The molecule has 2 aromatic heterocycles. The molecule has 92 valence electrons. The molecule has 4 nitrogen and oxygen atoms in total. The summed E-state index contributed by atoms with van der Waals surface area (Å²) in [5.41, 5.74) is 0.681. The number of hydrogen-bond donors (Lipinski definition) is 0. The molecule has 0 atom stereocenters. The van der Waals surface area contributed by atoms with E-state index < -0.39 is 10.0 Å². The monoisotopic (exact) mass is 270 g/mol. The second-order valence-electron chi connectivity index (χ2n) is 3.60. The average molecular weight is 270 g/mol. The number of thiophene rings is 1. The Morgan fingerprint density at radius 2 is 2.18 bits per heavy atom. The van der Waals surface area contributed by atoms with Gasteiger partial charge in [-0.05, 0) is 24.4 Å². The van der Waals surface area contributed by atoms with E-state index in [9.17, 15) is 8.42 Å². The molecular weight excluding hydrogens is 256 g/mol. The Bertz CT molecular complexity index is 585. The summed E-state index contributed by atoms with van der Waals surface area (Å²) in [7, 11) is -1.83. The molecule has 17 heavy (non-hydrogen) atoms. The number of hydrogen-bond acceptors (Lipinski definition) is 3. The quantitative estimate of drug-likeness (QED) is 0.856. The van der Waals surface area contributed by atoms with Gasteiger partial charge < -0.3 is 4.57 Å². The van der Waals surface area contributed by atoms with Crippen LogP contribution in [0.4, 0.5) is 5.69 Å². The molecule has 6 heteroatoms. The molecule has 0 bridgehead atoms. The zero-order valence-corrected chi connectivity index (χ0v) is 11.3. The topological polar surface area (TPSA) is 42.3 Å². The van der Waals surface area contributed by atoms with Crippen LogP contribution in [-0.4, -0.2) is 20.0 Å². The molecule has 2 rings (SSSR count). The number of anilines is 1. The van der Waals surface area contributed by atoms with Gasteiger partial charge >= 0.3 is 0 Å². The smallest absolute Gasteiger partial charge is 0.273 e. The summed E-state index contributed by atoms with van der Waals surface area (Å²) >= 11 is 1.23. The first-order valence-corrected chi connectivity index (χ1v) is 7.56. The fourth-order valence-corrected chi connectivity index (χ4v) is 3.84. The average Bonchev–Trinajstić information content (AvgIpc) is 2.99. The summed E-state index contributed by atoms with van der Waals surface area (Å²) in [4.78, 5) is 0. The molecule has 0 aliphatic rings. The minimum Gasteiger partial charge on any atom is -0.352 e. The van der Waals surface area contributed by atoms with Crippen molar-refractivity contribution >= 4 is 27.0 Å². The van der Waals surface area contributed by atoms with Crippen LogP contribution in [0.5, 0.6) is 0 Å². The van der Waals surface area contributed by atoms with Crippen molar-refractivity contribution < 1.29 is 8.42 Å². The molecule has 0 amide bonds. The van der Waals surface area contributed by atoms with Crippen molar-refractivity contribution in [2.45, 2.75) is 17.7 Å². The fraction of sp³-hybridized carbons (Fsp3) is 0.273. The summed E-state index contributed by atoms with van der Waals surface area (Å²) in [6.07, 6.45) is 3.70. The van der Waals surface area contributed by atoms with Crippen molar-refractivity contribution in [1.29, 1.82) is 0 Å². The number of nitrogens with zero attached hydrogens (tertiary/aromatic N) is 2. The standard InChI is InChI=1S/C11H14N2O2S2/c1-3-13-7-6-10(9-13)12(2)17(14,15)11-5-4-8-16-11/h4-9H,3H2,1-2H3. The van der Waals surface area contributed by atoms with Gasteiger partial charge in [-0.25, -0.2) is 8.42 Å². The largest absolute Gasteiger partial charge is 0.352 e. The van der Waals surface area contributed by atoms with Crippen molar-refractivity contribution in [3.63, 3.8) is 0 Å². The Balaban J connectivity index is 2.34. The van der Waals surface area contributed by atoms with E-state index in [0.717, 1.165) is 6.54 Å². The minimum atomic E-state index is -3.41. The lowest BCUT2D eigenvalue weighted by Gasteiger charge is -2.16. The maximum atomic E-state index is 12.2. The van der Waals surface area contributed by atoms with Crippen LogP contribution < -0.4 is 4.31 Å². The van der Waals surface area contributed by atoms with Gasteiger partial charge in [0.15, 0.2) is 0 Å². The highest BCUT2D eigenvalue weighted by molar-refractivity contribution is 7.94. The SMILES string of the molecule is CCn1ccc(N(C)S(=O)(=O)c2cccs2)c1. The molecule has 0 spiro atoms. The predicted octanol–water partition coefficient (Wildman–Crippen LogP) is 2.39. The van der Waals surface area contributed by atoms with Crippen molar-refractivity contribution in [3.05, 3.63) is 36.0 Å². The van der Waals surface area contributed by atoms with Gasteiger partial charge in [0.05, 0.1) is 5.69 Å². The summed E-state index contributed by atoms with van der Waals surface area (Å²) in [5.74, 6) is 0. The molecule has 0 saturated carbocycles. The highest BCUT2D eigenvalue weighted by Crippen LogP contribution is 2.25. The third-order valence-electron chi connectivity index (χ3n) is 2.57. The second-order valence-corrected chi connectivity index (χ2v) is 6.75. The first-order valence-electron chi connectivity index (χ1n) is 5.24. The zero-order chi connectivity index (χ0) is 12.5. The van der Waals surface area contributed by atoms with Crippen LogP contribution in [-0.2, 0) is 16.6 Å². The molecule has 0 unspecified atom stereocenters. The highest BCUT2D eigenvalue weighted by atomic mass is 32.2. The van der Waals surface area contributed by atoms with Gasteiger partial charge in [0, 0.05) is 26.0 Å². The Labute approximate surface area is 105 Å². The Morgan fingerprint density at radius 3 is 2.71 bits per heavy atom. The van der Waals surface area contributed by atoms with Crippen LogP contribution >= 0.6 is 11.3 Å². The van der Waals surface area contributed by atoms with Gasteiger partial charge in [-0.2, -0.15) is 0 Å². The molecule has 0 aliphatic carbocycles. The van der Waals surface area contributed by atoms with E-state index in [2.05, 4.69) is 0 Å². The Morgan fingerprint density at radius 1 is 1.41 bits per heavy atom. The molecule has 2 aromatic rings. The molecule has 0 aliphatic heterocycles. The van der Waals surface area contributed by atoms with Gasteiger partial charge in [0.25, 0.3) is 10.0 Å². The van der Waals surface area contributed by atoms with Gasteiger partial charge in [-0.3, -0.25) is 4.31 Å². The Kier molecular flexibility index (Phi) is 3.26. The van der Waals surface area contributed by atoms with Gasteiger partial charge in [0.1, 0.15) is 4.21 Å². The second kappa shape index (κ2) is 4.54. The van der Waals surface area contributed by atoms with Crippen LogP contribution in [0, 0.1) is 0 Å². The van der Waals surface area contributed by atoms with E-state index in [1.54, 1.807) is 30.6 Å². The van der Waals surface area contributed by atoms with Crippen molar-refractivity contribution in [2.75, 3.05) is 11.4 Å². The van der Waals surface area contributed by atoms with Gasteiger partial charge in [-0.15, -0.1) is 11.3 Å². The molecular formula is C11H14N2O2S2. The lowest BCUT2D eigenvalue weighted by Crippen LogP contribution is -2.25. The number of sulfonamides is 1. The van der Waals surface area contributed by atoms with E-state index in [1.807, 2.05) is 23.9 Å². The number of aromatic nitrogens is 1. The molecule has 0 saturated heterocycles. The van der Waals surface area contributed by atoms with E-state index in [1.165, 1.54) is 15.6 Å². The van der Waals surface area contributed by atoms with Gasteiger partial charge in [-0.1, -0.05) is 6.07 Å². The van der Waals surface area contributed by atoms with Gasteiger partial charge in [0.2, 0.25) is 0 Å². The molecule has 2 heterocycles. The zero-order valence-electron chi connectivity index (χ0n) is 9.70. The van der Waals surface area contributed by atoms with Crippen molar-refractivity contribution in [1.82, 2.24) is 4.57 Å². The number of aryl methyl sites for hydroxylation is 1. The molecule has 0 aromatic carbocycles. The normalized spacial score (nSPS) is 11.6. The van der Waals surface area contributed by atoms with E-state index in [-0.39, 0.29) is 0 Å². The molecule has 0 fully saturated rings. The minimum absolute atomic E-state index is 0.365. The summed E-state index contributed by atoms with van der Waals surface area (Å²) in [6.45, 7) is 2.84. The third-order valence-corrected chi connectivity index (χ3v) is 5.73. The van der Waals surface area contributed by atoms with E-state index in [0.29, 0.717) is 9.90 Å². The van der Waals surface area contributed by atoms with Crippen LogP contribution in [0.1, 0.15) is 6.92 Å². The van der Waals surface area contributed by atoms with E-state index >= 15 is 0 Å². The summed E-state index contributed by atoms with van der Waals surface area (Å²) in [6, 6.07) is 5.16. The third kappa shape index (κ3) is 2.23. The first-order chi connectivity index (χ1) is 8.05. The van der Waals surface area contributed by atoms with Crippen LogP contribution in [0.2, 0.25) is 0 Å². The fourth-order valence-electron chi connectivity index (χ4n) is 1.50. The lowest BCUT2D eigenvalue weighted by molar-refractivity contribution is 0.596. The van der Waals surface area contributed by atoms with Crippen LogP contribution in [0.15, 0.2) is 40.2 Å².